The highest BCUT2D eigenvalue weighted by atomic mass is 19.4. The van der Waals surface area contributed by atoms with Gasteiger partial charge >= 0.3 is 12.2 Å². The van der Waals surface area contributed by atoms with E-state index in [9.17, 15) is 18.0 Å². The van der Waals surface area contributed by atoms with E-state index in [-0.39, 0.29) is 11.9 Å². The van der Waals surface area contributed by atoms with E-state index in [0.717, 1.165) is 16.8 Å². The third-order valence-corrected chi connectivity index (χ3v) is 4.43. The van der Waals surface area contributed by atoms with Gasteiger partial charge in [-0.25, -0.2) is 4.79 Å². The second-order valence-corrected chi connectivity index (χ2v) is 6.47. The number of alkyl halides is 3. The van der Waals surface area contributed by atoms with Gasteiger partial charge in [-0.05, 0) is 69.0 Å². The van der Waals surface area contributed by atoms with Crippen LogP contribution in [0.4, 0.5) is 23.7 Å². The fraction of sp³-hybridized carbons (Fsp3) is 0.588. The maximum absolute atomic E-state index is 12.3. The molecular weight excluding hydrogens is 319 g/mol. The summed E-state index contributed by atoms with van der Waals surface area (Å²) in [5, 5.41) is 5.59. The van der Waals surface area contributed by atoms with Crippen molar-refractivity contribution in [2.24, 2.45) is 5.92 Å². The van der Waals surface area contributed by atoms with Crippen LogP contribution in [0.5, 0.6) is 0 Å². The quantitative estimate of drug-likeness (QED) is 0.875. The van der Waals surface area contributed by atoms with Crippen molar-refractivity contribution in [3.05, 3.63) is 29.3 Å². The van der Waals surface area contributed by atoms with Crippen molar-refractivity contribution in [3.8, 4) is 0 Å². The van der Waals surface area contributed by atoms with Gasteiger partial charge in [-0.3, -0.25) is 4.90 Å². The lowest BCUT2D eigenvalue weighted by molar-refractivity contribution is -0.148. The number of carbonyl (C=O) groups is 1. The van der Waals surface area contributed by atoms with Crippen LogP contribution in [-0.2, 0) is 0 Å². The molecule has 0 spiro atoms. The van der Waals surface area contributed by atoms with E-state index in [2.05, 4.69) is 10.6 Å². The van der Waals surface area contributed by atoms with Crippen LogP contribution in [0.2, 0.25) is 0 Å². The molecule has 1 aliphatic heterocycles. The monoisotopic (exact) mass is 343 g/mol. The fourth-order valence-electron chi connectivity index (χ4n) is 2.83. The zero-order valence-corrected chi connectivity index (χ0v) is 14.0. The number of aryl methyl sites for hydroxylation is 2. The summed E-state index contributed by atoms with van der Waals surface area (Å²) in [5.41, 5.74) is 2.99. The Morgan fingerprint density at radius 2 is 1.88 bits per heavy atom. The fourth-order valence-corrected chi connectivity index (χ4v) is 2.83. The Bertz CT molecular complexity index is 567. The van der Waals surface area contributed by atoms with Crippen molar-refractivity contribution in [1.29, 1.82) is 0 Å². The van der Waals surface area contributed by atoms with Crippen molar-refractivity contribution in [2.45, 2.75) is 32.9 Å². The predicted molar refractivity (Wildman–Crippen MR) is 88.2 cm³/mol. The SMILES string of the molecule is Cc1ccc(NC(=O)NCC2CCN(CC(F)(F)F)CC2)cc1C. The first-order valence-electron chi connectivity index (χ1n) is 8.14. The van der Waals surface area contributed by atoms with Crippen LogP contribution in [0.3, 0.4) is 0 Å². The Morgan fingerprint density at radius 1 is 1.21 bits per heavy atom. The Morgan fingerprint density at radius 3 is 2.46 bits per heavy atom. The van der Waals surface area contributed by atoms with Gasteiger partial charge in [0.25, 0.3) is 0 Å². The molecule has 0 atom stereocenters. The Balaban J connectivity index is 1.70. The molecule has 0 aliphatic carbocycles. The molecule has 1 fully saturated rings. The molecule has 24 heavy (non-hydrogen) atoms. The molecule has 134 valence electrons. The summed E-state index contributed by atoms with van der Waals surface area (Å²) in [6, 6.07) is 5.42. The number of nitrogens with one attached hydrogen (secondary N) is 2. The predicted octanol–water partition coefficient (Wildman–Crippen LogP) is 3.70. The Labute approximate surface area is 140 Å². The number of carbonyl (C=O) groups excluding carboxylic acids is 1. The molecule has 7 heteroatoms. The van der Waals surface area contributed by atoms with Crippen LogP contribution in [-0.4, -0.2) is 43.3 Å². The van der Waals surface area contributed by atoms with Crippen molar-refractivity contribution < 1.29 is 18.0 Å². The minimum Gasteiger partial charge on any atom is -0.338 e. The summed E-state index contributed by atoms with van der Waals surface area (Å²) in [5.74, 6) is 0.222. The molecule has 1 heterocycles. The number of benzene rings is 1. The van der Waals surface area contributed by atoms with Gasteiger partial charge in [-0.15, -0.1) is 0 Å². The smallest absolute Gasteiger partial charge is 0.338 e. The lowest BCUT2D eigenvalue weighted by Gasteiger charge is -2.32. The number of nitrogens with zero attached hydrogens (tertiary/aromatic N) is 1. The number of amides is 2. The minimum absolute atomic E-state index is 0.222. The van der Waals surface area contributed by atoms with Crippen LogP contribution in [0.1, 0.15) is 24.0 Å². The van der Waals surface area contributed by atoms with Crippen LogP contribution in [0.25, 0.3) is 0 Å². The molecule has 0 bridgehead atoms. The number of rotatable bonds is 4. The zero-order chi connectivity index (χ0) is 17.7. The van der Waals surface area contributed by atoms with Crippen LogP contribution in [0.15, 0.2) is 18.2 Å². The topological polar surface area (TPSA) is 44.4 Å². The molecule has 0 saturated carbocycles. The lowest BCUT2D eigenvalue weighted by Crippen LogP contribution is -2.43. The first kappa shape index (κ1) is 18.6. The minimum atomic E-state index is -4.14. The lowest BCUT2D eigenvalue weighted by atomic mass is 9.97. The molecule has 0 unspecified atom stereocenters. The van der Waals surface area contributed by atoms with Crippen molar-refractivity contribution in [1.82, 2.24) is 10.2 Å². The average Bonchev–Trinajstić information content (AvgIpc) is 2.49. The van der Waals surface area contributed by atoms with Crippen LogP contribution >= 0.6 is 0 Å². The molecule has 1 aromatic carbocycles. The summed E-state index contributed by atoms with van der Waals surface area (Å²) in [6.07, 6.45) is -2.81. The Hall–Kier alpha value is -1.76. The zero-order valence-electron chi connectivity index (χ0n) is 14.0. The maximum Gasteiger partial charge on any atom is 0.401 e. The third-order valence-electron chi connectivity index (χ3n) is 4.43. The van der Waals surface area contributed by atoms with E-state index in [0.29, 0.717) is 32.5 Å². The van der Waals surface area contributed by atoms with Gasteiger partial charge in [0.15, 0.2) is 0 Å². The highest BCUT2D eigenvalue weighted by Gasteiger charge is 2.32. The van der Waals surface area contributed by atoms with Gasteiger partial charge in [0.2, 0.25) is 0 Å². The van der Waals surface area contributed by atoms with Crippen LogP contribution in [0, 0.1) is 19.8 Å². The average molecular weight is 343 g/mol. The van der Waals surface area contributed by atoms with Gasteiger partial charge in [-0.1, -0.05) is 6.07 Å². The van der Waals surface area contributed by atoms with Gasteiger partial charge in [0.05, 0.1) is 6.54 Å². The van der Waals surface area contributed by atoms with E-state index >= 15 is 0 Å². The molecule has 2 amide bonds. The van der Waals surface area contributed by atoms with Gasteiger partial charge < -0.3 is 10.6 Å². The van der Waals surface area contributed by atoms with Gasteiger partial charge in [0, 0.05) is 12.2 Å². The number of likely N-dealkylation sites (tertiary alicyclic amines) is 1. The number of anilines is 1. The second kappa shape index (κ2) is 7.88. The number of hydrogen-bond acceptors (Lipinski definition) is 2. The third kappa shape index (κ3) is 6.03. The molecule has 1 saturated heterocycles. The van der Waals surface area contributed by atoms with Crippen molar-refractivity contribution in [2.75, 3.05) is 31.5 Å². The summed E-state index contributed by atoms with van der Waals surface area (Å²) in [4.78, 5) is 13.3. The van der Waals surface area contributed by atoms with E-state index < -0.39 is 12.7 Å². The molecule has 1 aromatic rings. The molecule has 2 N–H and O–H groups in total. The summed E-state index contributed by atoms with van der Waals surface area (Å²) < 4.78 is 37.0. The first-order valence-corrected chi connectivity index (χ1v) is 8.14. The molecule has 4 nitrogen and oxygen atoms in total. The van der Waals surface area contributed by atoms with E-state index in [1.807, 2.05) is 32.0 Å². The second-order valence-electron chi connectivity index (χ2n) is 6.47. The number of urea groups is 1. The van der Waals surface area contributed by atoms with Crippen LogP contribution < -0.4 is 10.6 Å². The van der Waals surface area contributed by atoms with Gasteiger partial charge in [0.1, 0.15) is 0 Å². The molecule has 2 rings (SSSR count). The highest BCUT2D eigenvalue weighted by Crippen LogP contribution is 2.22. The van der Waals surface area contributed by atoms with E-state index in [1.54, 1.807) is 0 Å². The van der Waals surface area contributed by atoms with Crippen molar-refractivity contribution >= 4 is 11.7 Å². The normalized spacial score (nSPS) is 16.9. The van der Waals surface area contributed by atoms with Gasteiger partial charge in [-0.2, -0.15) is 13.2 Å². The summed E-state index contributed by atoms with van der Waals surface area (Å²) >= 11 is 0. The highest BCUT2D eigenvalue weighted by molar-refractivity contribution is 5.89. The Kier molecular flexibility index (Phi) is 6.10. The van der Waals surface area contributed by atoms with Crippen molar-refractivity contribution in [3.63, 3.8) is 0 Å². The largest absolute Gasteiger partial charge is 0.401 e. The number of halogens is 3. The molecule has 0 aromatic heterocycles. The summed E-state index contributed by atoms with van der Waals surface area (Å²) in [7, 11) is 0. The van der Waals surface area contributed by atoms with E-state index in [1.165, 1.54) is 4.90 Å². The molecule has 1 aliphatic rings. The number of hydrogen-bond donors (Lipinski definition) is 2. The molecular formula is C17H24F3N3O. The maximum atomic E-state index is 12.3. The van der Waals surface area contributed by atoms with E-state index in [4.69, 9.17) is 0 Å². The number of piperidine rings is 1. The standard InChI is InChI=1S/C17H24F3N3O/c1-12-3-4-15(9-13(12)2)22-16(24)21-10-14-5-7-23(8-6-14)11-17(18,19)20/h3-4,9,14H,5-8,10-11H2,1-2H3,(H2,21,22,24). The first-order chi connectivity index (χ1) is 11.2. The molecule has 0 radical (unpaired) electrons. The summed E-state index contributed by atoms with van der Waals surface area (Å²) in [6.45, 7) is 4.46.